The highest BCUT2D eigenvalue weighted by molar-refractivity contribution is 9.10. The Bertz CT molecular complexity index is 630. The Morgan fingerprint density at radius 3 is 2.62 bits per heavy atom. The van der Waals surface area contributed by atoms with Crippen LogP contribution in [0.15, 0.2) is 40.9 Å². The first kappa shape index (κ1) is 16.0. The van der Waals surface area contributed by atoms with Crippen LogP contribution in [0.4, 0.5) is 4.39 Å². The van der Waals surface area contributed by atoms with Crippen LogP contribution >= 0.6 is 15.9 Å². The van der Waals surface area contributed by atoms with Gasteiger partial charge in [0.25, 0.3) is 0 Å². The van der Waals surface area contributed by atoms with E-state index in [9.17, 15) is 4.39 Å². The molecule has 0 spiro atoms. The highest BCUT2D eigenvalue weighted by Crippen LogP contribution is 2.32. The van der Waals surface area contributed by atoms with Crippen molar-refractivity contribution >= 4 is 15.9 Å². The van der Waals surface area contributed by atoms with Gasteiger partial charge in [0, 0.05) is 12.1 Å². The quantitative estimate of drug-likeness (QED) is 0.782. The standard InChI is InChI=1S/C17H19BrFNO/c1-4-20-12(3)13-6-8-17(15(18)9-13)21-14-7-5-11(2)16(19)10-14/h5-10,12,20H,4H2,1-3H3. The molecule has 0 aliphatic rings. The summed E-state index contributed by atoms with van der Waals surface area (Å²) in [7, 11) is 0. The number of ether oxygens (including phenoxy) is 1. The summed E-state index contributed by atoms with van der Waals surface area (Å²) in [6.07, 6.45) is 0. The fourth-order valence-corrected chi connectivity index (χ4v) is 2.53. The van der Waals surface area contributed by atoms with Crippen molar-refractivity contribution in [3.63, 3.8) is 0 Å². The monoisotopic (exact) mass is 351 g/mol. The van der Waals surface area contributed by atoms with Crippen LogP contribution in [0.1, 0.15) is 31.0 Å². The number of halogens is 2. The first-order valence-electron chi connectivity index (χ1n) is 6.98. The molecule has 112 valence electrons. The summed E-state index contributed by atoms with van der Waals surface area (Å²) in [5, 5.41) is 3.36. The van der Waals surface area contributed by atoms with E-state index in [-0.39, 0.29) is 11.9 Å². The van der Waals surface area contributed by atoms with Gasteiger partial charge in [-0.05, 0) is 65.6 Å². The molecule has 0 fully saturated rings. The van der Waals surface area contributed by atoms with Crippen molar-refractivity contribution in [2.24, 2.45) is 0 Å². The van der Waals surface area contributed by atoms with E-state index < -0.39 is 0 Å². The Hall–Kier alpha value is -1.39. The van der Waals surface area contributed by atoms with E-state index in [1.54, 1.807) is 19.1 Å². The third kappa shape index (κ3) is 4.05. The Morgan fingerprint density at radius 2 is 2.00 bits per heavy atom. The van der Waals surface area contributed by atoms with E-state index in [1.165, 1.54) is 11.6 Å². The average molecular weight is 352 g/mol. The first-order valence-corrected chi connectivity index (χ1v) is 7.77. The van der Waals surface area contributed by atoms with Gasteiger partial charge in [0.05, 0.1) is 4.47 Å². The van der Waals surface area contributed by atoms with Crippen LogP contribution in [0.2, 0.25) is 0 Å². The van der Waals surface area contributed by atoms with Gasteiger partial charge in [0.15, 0.2) is 0 Å². The SMILES string of the molecule is CCNC(C)c1ccc(Oc2ccc(C)c(F)c2)c(Br)c1. The average Bonchev–Trinajstić information content (AvgIpc) is 2.45. The molecule has 2 aromatic rings. The highest BCUT2D eigenvalue weighted by atomic mass is 79.9. The zero-order chi connectivity index (χ0) is 15.4. The van der Waals surface area contributed by atoms with Crippen molar-refractivity contribution in [2.45, 2.75) is 26.8 Å². The lowest BCUT2D eigenvalue weighted by Crippen LogP contribution is -2.17. The normalized spacial score (nSPS) is 12.2. The van der Waals surface area contributed by atoms with Crippen molar-refractivity contribution in [1.29, 1.82) is 0 Å². The summed E-state index contributed by atoms with van der Waals surface area (Å²) < 4.78 is 20.1. The lowest BCUT2D eigenvalue weighted by Gasteiger charge is -2.15. The molecule has 2 aromatic carbocycles. The summed E-state index contributed by atoms with van der Waals surface area (Å²) in [4.78, 5) is 0. The van der Waals surface area contributed by atoms with Crippen LogP contribution in [0.25, 0.3) is 0 Å². The molecule has 0 aliphatic carbocycles. The predicted octanol–water partition coefficient (Wildman–Crippen LogP) is 5.36. The van der Waals surface area contributed by atoms with Crippen molar-refractivity contribution in [3.8, 4) is 11.5 Å². The molecule has 4 heteroatoms. The molecule has 0 saturated carbocycles. The Kier molecular flexibility index (Phi) is 5.37. The Labute approximate surface area is 133 Å². The zero-order valence-electron chi connectivity index (χ0n) is 12.4. The second kappa shape index (κ2) is 7.05. The molecule has 0 heterocycles. The van der Waals surface area contributed by atoms with Gasteiger partial charge >= 0.3 is 0 Å². The van der Waals surface area contributed by atoms with Crippen LogP contribution in [-0.2, 0) is 0 Å². The Balaban J connectivity index is 2.19. The van der Waals surface area contributed by atoms with Crippen LogP contribution < -0.4 is 10.1 Å². The molecule has 0 bridgehead atoms. The van der Waals surface area contributed by atoms with Gasteiger partial charge in [-0.1, -0.05) is 19.1 Å². The lowest BCUT2D eigenvalue weighted by molar-refractivity contribution is 0.472. The van der Waals surface area contributed by atoms with Crippen LogP contribution in [-0.4, -0.2) is 6.54 Å². The first-order chi connectivity index (χ1) is 10.0. The van der Waals surface area contributed by atoms with Gasteiger partial charge in [-0.2, -0.15) is 0 Å². The number of aryl methyl sites for hydroxylation is 1. The molecule has 0 saturated heterocycles. The van der Waals surface area contributed by atoms with Gasteiger partial charge in [-0.15, -0.1) is 0 Å². The van der Waals surface area contributed by atoms with Gasteiger partial charge in [-0.25, -0.2) is 4.39 Å². The molecule has 0 radical (unpaired) electrons. The number of hydrogen-bond donors (Lipinski definition) is 1. The molecular weight excluding hydrogens is 333 g/mol. The molecule has 0 amide bonds. The minimum absolute atomic E-state index is 0.263. The van der Waals surface area contributed by atoms with Crippen LogP contribution in [0.5, 0.6) is 11.5 Å². The minimum Gasteiger partial charge on any atom is -0.456 e. The molecule has 21 heavy (non-hydrogen) atoms. The second-order valence-corrected chi connectivity index (χ2v) is 5.84. The minimum atomic E-state index is -0.263. The maximum absolute atomic E-state index is 13.5. The summed E-state index contributed by atoms with van der Waals surface area (Å²) in [6, 6.07) is 11.1. The van der Waals surface area contributed by atoms with Gasteiger partial charge in [0.1, 0.15) is 17.3 Å². The molecule has 1 atom stereocenters. The van der Waals surface area contributed by atoms with Gasteiger partial charge in [0.2, 0.25) is 0 Å². The summed E-state index contributed by atoms with van der Waals surface area (Å²) in [5.74, 6) is 0.901. The zero-order valence-corrected chi connectivity index (χ0v) is 14.0. The molecule has 0 aliphatic heterocycles. The van der Waals surface area contributed by atoms with E-state index in [1.807, 2.05) is 18.2 Å². The topological polar surface area (TPSA) is 21.3 Å². The van der Waals surface area contributed by atoms with Crippen LogP contribution in [0, 0.1) is 12.7 Å². The van der Waals surface area contributed by atoms with Crippen molar-refractivity contribution in [2.75, 3.05) is 6.54 Å². The third-order valence-electron chi connectivity index (χ3n) is 3.34. The summed E-state index contributed by atoms with van der Waals surface area (Å²) in [5.41, 5.74) is 1.78. The molecule has 0 aromatic heterocycles. The molecule has 1 unspecified atom stereocenters. The summed E-state index contributed by atoms with van der Waals surface area (Å²) >= 11 is 3.51. The maximum atomic E-state index is 13.5. The smallest absolute Gasteiger partial charge is 0.141 e. The number of benzene rings is 2. The largest absolute Gasteiger partial charge is 0.456 e. The fourth-order valence-electron chi connectivity index (χ4n) is 2.06. The van der Waals surface area contributed by atoms with Crippen molar-refractivity contribution in [1.82, 2.24) is 5.32 Å². The van der Waals surface area contributed by atoms with E-state index in [2.05, 4.69) is 35.1 Å². The summed E-state index contributed by atoms with van der Waals surface area (Å²) in [6.45, 7) is 6.84. The molecule has 1 N–H and O–H groups in total. The van der Waals surface area contributed by atoms with E-state index in [0.29, 0.717) is 17.1 Å². The van der Waals surface area contributed by atoms with E-state index in [0.717, 1.165) is 11.0 Å². The van der Waals surface area contributed by atoms with Crippen molar-refractivity contribution in [3.05, 3.63) is 57.8 Å². The van der Waals surface area contributed by atoms with Crippen LogP contribution in [0.3, 0.4) is 0 Å². The van der Waals surface area contributed by atoms with Gasteiger partial charge < -0.3 is 10.1 Å². The number of nitrogens with one attached hydrogen (secondary N) is 1. The molecular formula is C17H19BrFNO. The third-order valence-corrected chi connectivity index (χ3v) is 3.96. The number of rotatable bonds is 5. The number of hydrogen-bond acceptors (Lipinski definition) is 2. The molecule has 2 rings (SSSR count). The highest BCUT2D eigenvalue weighted by Gasteiger charge is 2.09. The van der Waals surface area contributed by atoms with Gasteiger partial charge in [-0.3, -0.25) is 0 Å². The van der Waals surface area contributed by atoms with E-state index in [4.69, 9.17) is 4.74 Å². The van der Waals surface area contributed by atoms with E-state index >= 15 is 0 Å². The lowest BCUT2D eigenvalue weighted by atomic mass is 10.1. The predicted molar refractivity (Wildman–Crippen MR) is 87.4 cm³/mol. The maximum Gasteiger partial charge on any atom is 0.141 e. The Morgan fingerprint density at radius 1 is 1.24 bits per heavy atom. The molecule has 2 nitrogen and oxygen atoms in total. The second-order valence-electron chi connectivity index (χ2n) is 4.98. The fraction of sp³-hybridized carbons (Fsp3) is 0.294. The van der Waals surface area contributed by atoms with Crippen molar-refractivity contribution < 1.29 is 9.13 Å².